The minimum atomic E-state index is -0.252. The van der Waals surface area contributed by atoms with Gasteiger partial charge in [-0.05, 0) is 48.2 Å². The van der Waals surface area contributed by atoms with Gasteiger partial charge in [0.1, 0.15) is 0 Å². The third-order valence-corrected chi connectivity index (χ3v) is 3.43. The van der Waals surface area contributed by atoms with E-state index in [1.54, 1.807) is 0 Å². The molecule has 4 heteroatoms. The lowest BCUT2D eigenvalue weighted by Gasteiger charge is -2.34. The Labute approximate surface area is 112 Å². The van der Waals surface area contributed by atoms with Gasteiger partial charge in [-0.3, -0.25) is 4.79 Å². The zero-order valence-corrected chi connectivity index (χ0v) is 13.0. The van der Waals surface area contributed by atoms with Crippen molar-refractivity contribution in [2.75, 3.05) is 27.3 Å². The molecule has 0 aromatic carbocycles. The Balaban J connectivity index is 3.93. The number of nitrogens with zero attached hydrogens (tertiary/aromatic N) is 1. The predicted octanol–water partition coefficient (Wildman–Crippen LogP) is 2.47. The van der Waals surface area contributed by atoms with Crippen molar-refractivity contribution in [1.82, 2.24) is 4.90 Å². The summed E-state index contributed by atoms with van der Waals surface area (Å²) in [5.41, 5.74) is -0.121. The summed E-state index contributed by atoms with van der Waals surface area (Å²) in [6, 6.07) is 0. The molecule has 0 unspecified atom stereocenters. The van der Waals surface area contributed by atoms with E-state index < -0.39 is 0 Å². The number of carbonyl (C=O) groups is 1. The van der Waals surface area contributed by atoms with Crippen molar-refractivity contribution in [1.29, 1.82) is 0 Å². The van der Waals surface area contributed by atoms with Gasteiger partial charge < -0.3 is 14.4 Å². The van der Waals surface area contributed by atoms with Crippen LogP contribution in [0.1, 0.15) is 47.5 Å². The summed E-state index contributed by atoms with van der Waals surface area (Å²) in [5.74, 6) is -0.237. The average molecular weight is 259 g/mol. The molecule has 0 aromatic heterocycles. The molecular weight excluding hydrogens is 230 g/mol. The van der Waals surface area contributed by atoms with Crippen LogP contribution < -0.4 is 0 Å². The van der Waals surface area contributed by atoms with Crippen LogP contribution >= 0.6 is 0 Å². The molecule has 0 heterocycles. The first-order valence-corrected chi connectivity index (χ1v) is 6.51. The summed E-state index contributed by atoms with van der Waals surface area (Å²) in [7, 11) is 4.15. The van der Waals surface area contributed by atoms with E-state index in [1.165, 1.54) is 6.92 Å². The predicted molar refractivity (Wildman–Crippen MR) is 73.7 cm³/mol. The van der Waals surface area contributed by atoms with Gasteiger partial charge >= 0.3 is 5.97 Å². The summed E-state index contributed by atoms with van der Waals surface area (Å²) >= 11 is 0. The van der Waals surface area contributed by atoms with Gasteiger partial charge in [-0.25, -0.2) is 0 Å². The Kier molecular flexibility index (Phi) is 6.86. The Morgan fingerprint density at radius 2 is 1.61 bits per heavy atom. The average Bonchev–Trinajstić information content (AvgIpc) is 2.15. The van der Waals surface area contributed by atoms with Crippen LogP contribution in [0, 0.1) is 0 Å². The summed E-state index contributed by atoms with van der Waals surface area (Å²) in [5, 5.41) is 0. The summed E-state index contributed by atoms with van der Waals surface area (Å²) in [6.45, 7) is 11.0. The molecule has 0 saturated heterocycles. The number of esters is 1. The summed E-state index contributed by atoms with van der Waals surface area (Å²) in [6.07, 6.45) is 1.69. The van der Waals surface area contributed by atoms with Crippen LogP contribution in [-0.2, 0) is 14.3 Å². The van der Waals surface area contributed by atoms with E-state index in [9.17, 15) is 4.79 Å². The minimum absolute atomic E-state index is 0.131. The smallest absolute Gasteiger partial charge is 0.302 e. The van der Waals surface area contributed by atoms with Crippen molar-refractivity contribution in [3.05, 3.63) is 0 Å². The minimum Gasteiger partial charge on any atom is -0.466 e. The van der Waals surface area contributed by atoms with E-state index in [0.29, 0.717) is 13.2 Å². The number of hydrogen-bond acceptors (Lipinski definition) is 4. The molecule has 0 N–H and O–H groups in total. The first-order chi connectivity index (χ1) is 8.07. The van der Waals surface area contributed by atoms with Crippen LogP contribution in [0.15, 0.2) is 0 Å². The highest BCUT2D eigenvalue weighted by molar-refractivity contribution is 5.65. The molecule has 0 aliphatic rings. The molecule has 0 radical (unpaired) electrons. The maximum atomic E-state index is 10.7. The Morgan fingerprint density at radius 3 is 2.06 bits per heavy atom. The SMILES string of the molecule is CC(=O)OCCC(C)(C)OCCC(C)(C)N(C)C. The Hall–Kier alpha value is -0.610. The molecule has 0 bridgehead atoms. The summed E-state index contributed by atoms with van der Waals surface area (Å²) < 4.78 is 10.8. The fraction of sp³-hybridized carbons (Fsp3) is 0.929. The van der Waals surface area contributed by atoms with E-state index in [-0.39, 0.29) is 17.1 Å². The summed E-state index contributed by atoms with van der Waals surface area (Å²) in [4.78, 5) is 12.9. The molecule has 108 valence electrons. The molecule has 0 spiro atoms. The first-order valence-electron chi connectivity index (χ1n) is 6.51. The van der Waals surface area contributed by atoms with Crippen molar-refractivity contribution in [2.24, 2.45) is 0 Å². The van der Waals surface area contributed by atoms with Crippen LogP contribution in [0.2, 0.25) is 0 Å². The van der Waals surface area contributed by atoms with E-state index in [1.807, 2.05) is 13.8 Å². The van der Waals surface area contributed by atoms with Crippen molar-refractivity contribution in [3.63, 3.8) is 0 Å². The van der Waals surface area contributed by atoms with Crippen molar-refractivity contribution in [2.45, 2.75) is 58.6 Å². The van der Waals surface area contributed by atoms with Gasteiger partial charge in [0.2, 0.25) is 0 Å². The second kappa shape index (κ2) is 7.10. The molecule has 0 aliphatic carbocycles. The van der Waals surface area contributed by atoms with Crippen LogP contribution in [0.4, 0.5) is 0 Å². The molecule has 0 aromatic rings. The second-order valence-electron chi connectivity index (χ2n) is 6.16. The molecular formula is C14H29NO3. The lowest BCUT2D eigenvalue weighted by molar-refractivity contribution is -0.142. The van der Waals surface area contributed by atoms with E-state index in [2.05, 4.69) is 32.8 Å². The fourth-order valence-electron chi connectivity index (χ4n) is 1.31. The lowest BCUT2D eigenvalue weighted by atomic mass is 9.99. The number of ether oxygens (including phenoxy) is 2. The van der Waals surface area contributed by atoms with Gasteiger partial charge in [-0.15, -0.1) is 0 Å². The lowest BCUT2D eigenvalue weighted by Crippen LogP contribution is -2.40. The largest absolute Gasteiger partial charge is 0.466 e. The first kappa shape index (κ1) is 17.4. The Bertz CT molecular complexity index is 260. The molecule has 0 fully saturated rings. The number of hydrogen-bond donors (Lipinski definition) is 0. The molecule has 18 heavy (non-hydrogen) atoms. The molecule has 4 nitrogen and oxygen atoms in total. The van der Waals surface area contributed by atoms with Crippen molar-refractivity contribution in [3.8, 4) is 0 Å². The fourth-order valence-corrected chi connectivity index (χ4v) is 1.31. The van der Waals surface area contributed by atoms with Crippen LogP contribution in [0.5, 0.6) is 0 Å². The molecule has 0 saturated carbocycles. The van der Waals surface area contributed by atoms with E-state index >= 15 is 0 Å². The number of carbonyl (C=O) groups excluding carboxylic acids is 1. The Morgan fingerprint density at radius 1 is 1.06 bits per heavy atom. The molecule has 0 rings (SSSR count). The van der Waals surface area contributed by atoms with E-state index in [0.717, 1.165) is 12.8 Å². The van der Waals surface area contributed by atoms with Crippen molar-refractivity contribution >= 4 is 5.97 Å². The standard InChI is InChI=1S/C14H29NO3/c1-12(16)17-10-9-14(4,5)18-11-8-13(2,3)15(6)7/h8-11H2,1-7H3. The second-order valence-corrected chi connectivity index (χ2v) is 6.16. The maximum Gasteiger partial charge on any atom is 0.302 e. The zero-order chi connectivity index (χ0) is 14.4. The van der Waals surface area contributed by atoms with Gasteiger partial charge in [0, 0.05) is 25.5 Å². The topological polar surface area (TPSA) is 38.8 Å². The van der Waals surface area contributed by atoms with Gasteiger partial charge in [0.15, 0.2) is 0 Å². The highest BCUT2D eigenvalue weighted by Gasteiger charge is 2.23. The molecule has 0 aliphatic heterocycles. The number of rotatable bonds is 8. The normalized spacial score (nSPS) is 12.9. The van der Waals surface area contributed by atoms with Crippen LogP contribution in [0.25, 0.3) is 0 Å². The van der Waals surface area contributed by atoms with Gasteiger partial charge in [0.05, 0.1) is 12.2 Å². The van der Waals surface area contributed by atoms with Crippen LogP contribution in [-0.4, -0.2) is 49.3 Å². The highest BCUT2D eigenvalue weighted by Crippen LogP contribution is 2.19. The van der Waals surface area contributed by atoms with Gasteiger partial charge in [-0.1, -0.05) is 0 Å². The maximum absolute atomic E-state index is 10.7. The quantitative estimate of drug-likeness (QED) is 0.628. The van der Waals surface area contributed by atoms with Crippen molar-refractivity contribution < 1.29 is 14.3 Å². The van der Waals surface area contributed by atoms with E-state index in [4.69, 9.17) is 9.47 Å². The third-order valence-electron chi connectivity index (χ3n) is 3.43. The molecule has 0 amide bonds. The molecule has 0 atom stereocenters. The van der Waals surface area contributed by atoms with Crippen LogP contribution in [0.3, 0.4) is 0 Å². The van der Waals surface area contributed by atoms with Gasteiger partial charge in [0.25, 0.3) is 0 Å². The van der Waals surface area contributed by atoms with Gasteiger partial charge in [-0.2, -0.15) is 0 Å². The zero-order valence-electron chi connectivity index (χ0n) is 13.0. The highest BCUT2D eigenvalue weighted by atomic mass is 16.5. The monoisotopic (exact) mass is 259 g/mol. The third kappa shape index (κ3) is 7.67.